The van der Waals surface area contributed by atoms with Crippen molar-refractivity contribution in [3.05, 3.63) is 0 Å². The highest BCUT2D eigenvalue weighted by Gasteiger charge is 2.36. The average Bonchev–Trinajstić information content (AvgIpc) is 2.53. The van der Waals surface area contributed by atoms with Crippen LogP contribution in [0.5, 0.6) is 0 Å². The number of hydrogen-bond donors (Lipinski definition) is 1. The normalized spacial score (nSPS) is 20.5. The summed E-state index contributed by atoms with van der Waals surface area (Å²) in [5.74, 6) is 0. The van der Waals surface area contributed by atoms with Gasteiger partial charge in [0, 0.05) is 6.54 Å². The Morgan fingerprint density at radius 2 is 1.68 bits per heavy atom. The predicted molar refractivity (Wildman–Crippen MR) is 72.0 cm³/mol. The smallest absolute Gasteiger partial charge is 0.330 e. The molecule has 1 rings (SSSR count). The molecule has 0 aromatic heterocycles. The Bertz CT molecular complexity index is 246. The van der Waals surface area contributed by atoms with E-state index in [2.05, 4.69) is 0 Å². The highest BCUT2D eigenvalue weighted by Crippen LogP contribution is 2.35. The predicted octanol–water partition coefficient (Wildman–Crippen LogP) is 3.56. The molecule has 0 aromatic rings. The lowest BCUT2D eigenvalue weighted by molar-refractivity contribution is -0.149. The zero-order valence-electron chi connectivity index (χ0n) is 11.9. The van der Waals surface area contributed by atoms with Gasteiger partial charge in [0.2, 0.25) is 0 Å². The Kier molecular flexibility index (Phi) is 6.60. The number of nitrogens with zero attached hydrogens (tertiary/aromatic N) is 1. The van der Waals surface area contributed by atoms with Gasteiger partial charge in [-0.05, 0) is 37.8 Å². The standard InChI is InChI=1S/C14H27F3N2/c1-2-9-19(12-14(15,16)17)11-13(10-18)7-5-3-4-6-8-13/h2-12,18H2,1H3. The van der Waals surface area contributed by atoms with Crippen molar-refractivity contribution in [1.29, 1.82) is 0 Å². The topological polar surface area (TPSA) is 29.3 Å². The maximum Gasteiger partial charge on any atom is 0.401 e. The first-order chi connectivity index (χ1) is 8.91. The monoisotopic (exact) mass is 280 g/mol. The second-order valence-corrected chi connectivity index (χ2v) is 5.94. The minimum atomic E-state index is -4.12. The Hall–Kier alpha value is -0.290. The highest BCUT2D eigenvalue weighted by molar-refractivity contribution is 4.86. The van der Waals surface area contributed by atoms with Crippen LogP contribution in [0.2, 0.25) is 0 Å². The molecule has 0 saturated heterocycles. The molecule has 0 atom stereocenters. The van der Waals surface area contributed by atoms with E-state index in [1.54, 1.807) is 4.90 Å². The van der Waals surface area contributed by atoms with E-state index in [9.17, 15) is 13.2 Å². The third-order valence-electron chi connectivity index (χ3n) is 4.10. The summed E-state index contributed by atoms with van der Waals surface area (Å²) in [5.41, 5.74) is 5.81. The van der Waals surface area contributed by atoms with Crippen LogP contribution in [0.3, 0.4) is 0 Å². The molecule has 114 valence electrons. The van der Waals surface area contributed by atoms with E-state index in [1.165, 1.54) is 12.8 Å². The van der Waals surface area contributed by atoms with Gasteiger partial charge >= 0.3 is 6.18 Å². The fourth-order valence-electron chi connectivity index (χ4n) is 3.16. The van der Waals surface area contributed by atoms with Crippen molar-refractivity contribution in [2.45, 2.75) is 58.0 Å². The zero-order chi connectivity index (χ0) is 14.4. The Labute approximate surface area is 114 Å². The molecule has 1 fully saturated rings. The maximum atomic E-state index is 12.6. The lowest BCUT2D eigenvalue weighted by Gasteiger charge is -2.37. The molecule has 0 heterocycles. The van der Waals surface area contributed by atoms with E-state index in [0.717, 1.165) is 32.1 Å². The number of rotatable bonds is 6. The Morgan fingerprint density at radius 1 is 1.11 bits per heavy atom. The van der Waals surface area contributed by atoms with Crippen LogP contribution < -0.4 is 5.73 Å². The first kappa shape index (κ1) is 16.8. The quantitative estimate of drug-likeness (QED) is 0.754. The molecule has 0 unspecified atom stereocenters. The van der Waals surface area contributed by atoms with Gasteiger partial charge in [-0.3, -0.25) is 4.90 Å². The van der Waals surface area contributed by atoms with Gasteiger partial charge in [0.15, 0.2) is 0 Å². The molecule has 5 heteroatoms. The summed E-state index contributed by atoms with van der Waals surface area (Å²) in [7, 11) is 0. The molecular weight excluding hydrogens is 253 g/mol. The fraction of sp³-hybridized carbons (Fsp3) is 1.00. The maximum absolute atomic E-state index is 12.6. The molecule has 1 saturated carbocycles. The Balaban J connectivity index is 2.67. The van der Waals surface area contributed by atoms with E-state index in [1.807, 2.05) is 6.92 Å². The van der Waals surface area contributed by atoms with E-state index < -0.39 is 12.7 Å². The molecule has 0 radical (unpaired) electrons. The van der Waals surface area contributed by atoms with Crippen molar-refractivity contribution in [2.75, 3.05) is 26.2 Å². The van der Waals surface area contributed by atoms with Gasteiger partial charge in [-0.25, -0.2) is 0 Å². The van der Waals surface area contributed by atoms with Crippen LogP contribution in [-0.4, -0.2) is 37.3 Å². The van der Waals surface area contributed by atoms with E-state index >= 15 is 0 Å². The molecule has 0 aromatic carbocycles. The summed E-state index contributed by atoms with van der Waals surface area (Å²) < 4.78 is 37.9. The van der Waals surface area contributed by atoms with Crippen LogP contribution in [0.1, 0.15) is 51.9 Å². The van der Waals surface area contributed by atoms with Crippen molar-refractivity contribution in [3.63, 3.8) is 0 Å². The van der Waals surface area contributed by atoms with Crippen LogP contribution in [0.15, 0.2) is 0 Å². The summed E-state index contributed by atoms with van der Waals surface area (Å²) >= 11 is 0. The van der Waals surface area contributed by atoms with E-state index in [-0.39, 0.29) is 5.41 Å². The van der Waals surface area contributed by atoms with Gasteiger partial charge in [0.1, 0.15) is 0 Å². The molecule has 0 amide bonds. The SMILES string of the molecule is CCCN(CC(F)(F)F)CC1(CN)CCCCCC1. The zero-order valence-corrected chi connectivity index (χ0v) is 11.9. The summed E-state index contributed by atoms with van der Waals surface area (Å²) in [6, 6.07) is 0. The third kappa shape index (κ3) is 6.13. The van der Waals surface area contributed by atoms with Gasteiger partial charge < -0.3 is 5.73 Å². The van der Waals surface area contributed by atoms with Crippen LogP contribution in [0.4, 0.5) is 13.2 Å². The van der Waals surface area contributed by atoms with E-state index in [0.29, 0.717) is 19.6 Å². The molecule has 2 nitrogen and oxygen atoms in total. The molecule has 0 aliphatic heterocycles. The largest absolute Gasteiger partial charge is 0.401 e. The average molecular weight is 280 g/mol. The van der Waals surface area contributed by atoms with Crippen molar-refractivity contribution in [1.82, 2.24) is 4.90 Å². The summed E-state index contributed by atoms with van der Waals surface area (Å²) in [5, 5.41) is 0. The summed E-state index contributed by atoms with van der Waals surface area (Å²) in [6.45, 7) is 2.62. The number of halogens is 3. The van der Waals surface area contributed by atoms with Crippen molar-refractivity contribution in [3.8, 4) is 0 Å². The van der Waals surface area contributed by atoms with Crippen LogP contribution >= 0.6 is 0 Å². The number of hydrogen-bond acceptors (Lipinski definition) is 2. The lowest BCUT2D eigenvalue weighted by Crippen LogP contribution is -2.46. The second-order valence-electron chi connectivity index (χ2n) is 5.94. The fourth-order valence-corrected chi connectivity index (χ4v) is 3.16. The van der Waals surface area contributed by atoms with Gasteiger partial charge in [-0.15, -0.1) is 0 Å². The molecule has 0 spiro atoms. The minimum Gasteiger partial charge on any atom is -0.330 e. The molecule has 1 aliphatic carbocycles. The summed E-state index contributed by atoms with van der Waals surface area (Å²) in [4.78, 5) is 1.55. The van der Waals surface area contributed by atoms with Gasteiger partial charge in [0.05, 0.1) is 6.54 Å². The van der Waals surface area contributed by atoms with Gasteiger partial charge in [0.25, 0.3) is 0 Å². The second kappa shape index (κ2) is 7.48. The van der Waals surface area contributed by atoms with Crippen LogP contribution in [0.25, 0.3) is 0 Å². The molecule has 2 N–H and O–H groups in total. The molecule has 0 bridgehead atoms. The minimum absolute atomic E-state index is 0.100. The first-order valence-corrected chi connectivity index (χ1v) is 7.40. The third-order valence-corrected chi connectivity index (χ3v) is 4.10. The highest BCUT2D eigenvalue weighted by atomic mass is 19.4. The Morgan fingerprint density at radius 3 is 2.11 bits per heavy atom. The molecule has 1 aliphatic rings. The van der Waals surface area contributed by atoms with E-state index in [4.69, 9.17) is 5.73 Å². The first-order valence-electron chi connectivity index (χ1n) is 7.40. The van der Waals surface area contributed by atoms with Gasteiger partial charge in [-0.2, -0.15) is 13.2 Å². The van der Waals surface area contributed by atoms with Crippen molar-refractivity contribution in [2.24, 2.45) is 11.1 Å². The number of nitrogens with two attached hydrogens (primary N) is 1. The summed E-state index contributed by atoms with van der Waals surface area (Å²) in [6.07, 6.45) is 3.16. The lowest BCUT2D eigenvalue weighted by atomic mass is 9.80. The van der Waals surface area contributed by atoms with Crippen LogP contribution in [-0.2, 0) is 0 Å². The van der Waals surface area contributed by atoms with Crippen molar-refractivity contribution >= 4 is 0 Å². The van der Waals surface area contributed by atoms with Crippen LogP contribution in [0, 0.1) is 5.41 Å². The van der Waals surface area contributed by atoms with Gasteiger partial charge in [-0.1, -0.05) is 32.6 Å². The number of alkyl halides is 3. The molecular formula is C14H27F3N2. The molecule has 19 heavy (non-hydrogen) atoms. The van der Waals surface area contributed by atoms with Crippen molar-refractivity contribution < 1.29 is 13.2 Å².